The smallest absolute Gasteiger partial charge is 0.325 e. The summed E-state index contributed by atoms with van der Waals surface area (Å²) in [6, 6.07) is 4.97. The number of nitrogens with zero attached hydrogens (tertiary/aromatic N) is 2. The van der Waals surface area contributed by atoms with Gasteiger partial charge in [0.2, 0.25) is 15.9 Å². The molecule has 1 aromatic carbocycles. The molecule has 1 saturated heterocycles. The fraction of sp³-hybridized carbons (Fsp3) is 0.400. The predicted molar refractivity (Wildman–Crippen MR) is 90.3 cm³/mol. The van der Waals surface area contributed by atoms with Crippen molar-refractivity contribution in [2.24, 2.45) is 0 Å². The Labute approximate surface area is 146 Å². The van der Waals surface area contributed by atoms with Gasteiger partial charge >= 0.3 is 6.03 Å². The molecule has 1 aliphatic heterocycles. The summed E-state index contributed by atoms with van der Waals surface area (Å²) in [5, 5.41) is 5.01. The van der Waals surface area contributed by atoms with E-state index in [1.165, 1.54) is 38.4 Å². The standard InChI is InChI=1S/C15H20N4O5S/c1-15(2)13(21)19(14(22)17-15)9-12(20)16-10-5-7-11(8-6-10)25(23,24)18(3)4/h5-8H,9H2,1-4H3,(H,16,20)(H,17,22). The molecule has 9 nitrogen and oxygen atoms in total. The second-order valence-corrected chi connectivity index (χ2v) is 8.46. The van der Waals surface area contributed by atoms with Gasteiger partial charge < -0.3 is 10.6 Å². The van der Waals surface area contributed by atoms with Gasteiger partial charge in [-0.15, -0.1) is 0 Å². The topological polar surface area (TPSA) is 116 Å². The van der Waals surface area contributed by atoms with Crippen LogP contribution < -0.4 is 10.6 Å². The van der Waals surface area contributed by atoms with E-state index in [9.17, 15) is 22.8 Å². The second-order valence-electron chi connectivity index (χ2n) is 6.31. The van der Waals surface area contributed by atoms with Crippen molar-refractivity contribution in [2.45, 2.75) is 24.3 Å². The monoisotopic (exact) mass is 368 g/mol. The third kappa shape index (κ3) is 3.80. The molecule has 0 radical (unpaired) electrons. The molecular weight excluding hydrogens is 348 g/mol. The first-order chi connectivity index (χ1) is 11.4. The molecule has 1 aromatic rings. The minimum absolute atomic E-state index is 0.0892. The molecule has 0 saturated carbocycles. The molecule has 0 unspecified atom stereocenters. The lowest BCUT2D eigenvalue weighted by Gasteiger charge is -2.16. The molecule has 0 aliphatic carbocycles. The van der Waals surface area contributed by atoms with Crippen LogP contribution in [0.4, 0.5) is 10.5 Å². The molecule has 0 bridgehead atoms. The van der Waals surface area contributed by atoms with Crippen molar-refractivity contribution in [3.8, 4) is 0 Å². The molecule has 10 heteroatoms. The number of hydrogen-bond acceptors (Lipinski definition) is 5. The number of carbonyl (C=O) groups excluding carboxylic acids is 3. The molecule has 25 heavy (non-hydrogen) atoms. The first kappa shape index (κ1) is 18.9. The van der Waals surface area contributed by atoms with E-state index in [1.807, 2.05) is 0 Å². The van der Waals surface area contributed by atoms with Gasteiger partial charge in [0, 0.05) is 19.8 Å². The number of hydrogen-bond donors (Lipinski definition) is 2. The average molecular weight is 368 g/mol. The second kappa shape index (κ2) is 6.45. The van der Waals surface area contributed by atoms with Crippen molar-refractivity contribution in [1.29, 1.82) is 0 Å². The molecule has 1 fully saturated rings. The molecule has 2 N–H and O–H groups in total. The third-order valence-electron chi connectivity index (χ3n) is 3.66. The summed E-state index contributed by atoms with van der Waals surface area (Å²) in [5.41, 5.74) is -0.687. The molecule has 136 valence electrons. The lowest BCUT2D eigenvalue weighted by molar-refractivity contribution is -0.132. The van der Waals surface area contributed by atoms with Gasteiger partial charge in [0.25, 0.3) is 5.91 Å². The zero-order chi connectivity index (χ0) is 19.0. The molecule has 1 heterocycles. The van der Waals surface area contributed by atoms with Gasteiger partial charge in [0.15, 0.2) is 0 Å². The van der Waals surface area contributed by atoms with Gasteiger partial charge in [-0.05, 0) is 38.1 Å². The largest absolute Gasteiger partial charge is 0.325 e. The number of amides is 4. The first-order valence-electron chi connectivity index (χ1n) is 7.42. The summed E-state index contributed by atoms with van der Waals surface area (Å²) in [7, 11) is -0.711. The van der Waals surface area contributed by atoms with Crippen molar-refractivity contribution < 1.29 is 22.8 Å². The number of benzene rings is 1. The van der Waals surface area contributed by atoms with Gasteiger partial charge in [-0.2, -0.15) is 0 Å². The fourth-order valence-electron chi connectivity index (χ4n) is 2.23. The van der Waals surface area contributed by atoms with Crippen LogP contribution in [0.25, 0.3) is 0 Å². The van der Waals surface area contributed by atoms with Gasteiger partial charge in [-0.3, -0.25) is 14.5 Å². The molecular formula is C15H20N4O5S. The van der Waals surface area contributed by atoms with E-state index in [2.05, 4.69) is 10.6 Å². The molecule has 1 aliphatic rings. The highest BCUT2D eigenvalue weighted by Crippen LogP contribution is 2.18. The number of carbonyl (C=O) groups is 3. The zero-order valence-electron chi connectivity index (χ0n) is 14.4. The van der Waals surface area contributed by atoms with E-state index in [0.717, 1.165) is 9.21 Å². The Morgan fingerprint density at radius 1 is 1.20 bits per heavy atom. The molecule has 2 rings (SSSR count). The Hall–Kier alpha value is -2.46. The van der Waals surface area contributed by atoms with Crippen LogP contribution in [0.2, 0.25) is 0 Å². The van der Waals surface area contributed by atoms with E-state index in [1.54, 1.807) is 13.8 Å². The average Bonchev–Trinajstić information content (AvgIpc) is 2.69. The maximum atomic E-state index is 12.0. The third-order valence-corrected chi connectivity index (χ3v) is 5.49. The Bertz CT molecular complexity index is 815. The highest BCUT2D eigenvalue weighted by molar-refractivity contribution is 7.89. The SMILES string of the molecule is CN(C)S(=O)(=O)c1ccc(NC(=O)CN2C(=O)NC(C)(C)C2=O)cc1. The van der Waals surface area contributed by atoms with Gasteiger partial charge in [-0.25, -0.2) is 17.5 Å². The summed E-state index contributed by atoms with van der Waals surface area (Å²) in [4.78, 5) is 36.8. The van der Waals surface area contributed by atoms with Gasteiger partial charge in [0.1, 0.15) is 12.1 Å². The number of urea groups is 1. The number of sulfonamides is 1. The zero-order valence-corrected chi connectivity index (χ0v) is 15.2. The molecule has 4 amide bonds. The van der Waals surface area contributed by atoms with Crippen molar-refractivity contribution in [2.75, 3.05) is 26.0 Å². The fourth-order valence-corrected chi connectivity index (χ4v) is 3.13. The van der Waals surface area contributed by atoms with Gasteiger partial charge in [-0.1, -0.05) is 0 Å². The van der Waals surface area contributed by atoms with Crippen LogP contribution in [0, 0.1) is 0 Å². The van der Waals surface area contributed by atoms with Crippen LogP contribution in [0.1, 0.15) is 13.8 Å². The first-order valence-corrected chi connectivity index (χ1v) is 8.86. The minimum atomic E-state index is -3.55. The number of imide groups is 1. The number of anilines is 1. The number of nitrogens with one attached hydrogen (secondary N) is 2. The predicted octanol–water partition coefficient (Wildman–Crippen LogP) is 0.206. The van der Waals surface area contributed by atoms with Crippen LogP contribution in [-0.4, -0.2) is 61.6 Å². The van der Waals surface area contributed by atoms with Crippen LogP contribution in [-0.2, 0) is 19.6 Å². The Kier molecular flexibility index (Phi) is 4.87. The van der Waals surface area contributed by atoms with Crippen LogP contribution in [0.3, 0.4) is 0 Å². The van der Waals surface area contributed by atoms with Crippen LogP contribution in [0.15, 0.2) is 29.2 Å². The van der Waals surface area contributed by atoms with E-state index in [-0.39, 0.29) is 4.90 Å². The number of rotatable bonds is 5. The van der Waals surface area contributed by atoms with Crippen LogP contribution >= 0.6 is 0 Å². The van der Waals surface area contributed by atoms with E-state index in [4.69, 9.17) is 0 Å². The lowest BCUT2D eigenvalue weighted by Crippen LogP contribution is -2.41. The lowest BCUT2D eigenvalue weighted by atomic mass is 10.1. The van der Waals surface area contributed by atoms with Crippen molar-refractivity contribution in [1.82, 2.24) is 14.5 Å². The highest BCUT2D eigenvalue weighted by Gasteiger charge is 2.44. The van der Waals surface area contributed by atoms with E-state index >= 15 is 0 Å². The molecule has 0 aromatic heterocycles. The summed E-state index contributed by atoms with van der Waals surface area (Å²) in [5.74, 6) is -1.05. The Morgan fingerprint density at radius 2 is 1.76 bits per heavy atom. The Balaban J connectivity index is 2.05. The molecule has 0 atom stereocenters. The normalized spacial score (nSPS) is 16.9. The van der Waals surface area contributed by atoms with Gasteiger partial charge in [0.05, 0.1) is 4.90 Å². The minimum Gasteiger partial charge on any atom is -0.325 e. The maximum absolute atomic E-state index is 12.0. The van der Waals surface area contributed by atoms with Crippen molar-refractivity contribution in [3.63, 3.8) is 0 Å². The van der Waals surface area contributed by atoms with Crippen molar-refractivity contribution >= 4 is 33.6 Å². The summed E-state index contributed by atoms with van der Waals surface area (Å²) < 4.78 is 25.0. The summed E-state index contributed by atoms with van der Waals surface area (Å²) in [6.45, 7) is 2.68. The maximum Gasteiger partial charge on any atom is 0.325 e. The Morgan fingerprint density at radius 3 is 2.20 bits per heavy atom. The summed E-state index contributed by atoms with van der Waals surface area (Å²) in [6.07, 6.45) is 0. The highest BCUT2D eigenvalue weighted by atomic mass is 32.2. The van der Waals surface area contributed by atoms with Crippen molar-refractivity contribution in [3.05, 3.63) is 24.3 Å². The quantitative estimate of drug-likeness (QED) is 0.721. The van der Waals surface area contributed by atoms with E-state index < -0.39 is 40.0 Å². The summed E-state index contributed by atoms with van der Waals surface area (Å²) >= 11 is 0. The van der Waals surface area contributed by atoms with Crippen LogP contribution in [0.5, 0.6) is 0 Å². The van der Waals surface area contributed by atoms with E-state index in [0.29, 0.717) is 5.69 Å². The molecule has 0 spiro atoms.